The summed E-state index contributed by atoms with van der Waals surface area (Å²) in [5.41, 5.74) is 1.62. The zero-order valence-electron chi connectivity index (χ0n) is 6.83. The van der Waals surface area contributed by atoms with Gasteiger partial charge in [-0.15, -0.1) is 11.3 Å². The van der Waals surface area contributed by atoms with Crippen LogP contribution in [0.2, 0.25) is 0 Å². The van der Waals surface area contributed by atoms with E-state index < -0.39 is 5.97 Å². The van der Waals surface area contributed by atoms with Crippen molar-refractivity contribution in [1.82, 2.24) is 0 Å². The van der Waals surface area contributed by atoms with Gasteiger partial charge in [0, 0.05) is 10.3 Å². The quantitative estimate of drug-likeness (QED) is 0.724. The molecule has 1 aliphatic carbocycles. The molecule has 0 amide bonds. The summed E-state index contributed by atoms with van der Waals surface area (Å²) < 4.78 is 0. The van der Waals surface area contributed by atoms with Crippen LogP contribution in [0.5, 0.6) is 0 Å². The Balaban J connectivity index is 2.53. The standard InChI is InChI=1S/C9H10O2S/c1-5-2-3-7-8(5)6(4-12-7)9(10)11/h4-5H,2-3H2,1H3,(H,10,11). The van der Waals surface area contributed by atoms with Crippen molar-refractivity contribution in [3.63, 3.8) is 0 Å². The molecule has 0 saturated carbocycles. The monoisotopic (exact) mass is 182 g/mol. The first-order chi connectivity index (χ1) is 5.70. The van der Waals surface area contributed by atoms with Crippen molar-refractivity contribution in [2.45, 2.75) is 25.7 Å². The third-order valence-corrected chi connectivity index (χ3v) is 3.50. The van der Waals surface area contributed by atoms with Gasteiger partial charge in [0.05, 0.1) is 5.56 Å². The van der Waals surface area contributed by atoms with Crippen LogP contribution in [0.25, 0.3) is 0 Å². The average molecular weight is 182 g/mol. The number of aromatic carboxylic acids is 1. The molecule has 1 aliphatic rings. The van der Waals surface area contributed by atoms with Crippen LogP contribution in [0.4, 0.5) is 0 Å². The Bertz CT molecular complexity index is 327. The molecule has 0 bridgehead atoms. The molecule has 1 unspecified atom stereocenters. The number of thiophene rings is 1. The lowest BCUT2D eigenvalue weighted by Gasteiger charge is -2.01. The van der Waals surface area contributed by atoms with Gasteiger partial charge in [0.1, 0.15) is 0 Å². The molecule has 0 saturated heterocycles. The zero-order valence-corrected chi connectivity index (χ0v) is 7.65. The first-order valence-corrected chi connectivity index (χ1v) is 4.91. The van der Waals surface area contributed by atoms with Crippen molar-refractivity contribution >= 4 is 17.3 Å². The smallest absolute Gasteiger partial charge is 0.336 e. The van der Waals surface area contributed by atoms with Gasteiger partial charge in [0.2, 0.25) is 0 Å². The molecule has 0 aromatic carbocycles. The highest BCUT2D eigenvalue weighted by Gasteiger charge is 2.26. The van der Waals surface area contributed by atoms with E-state index in [1.165, 1.54) is 4.88 Å². The maximum Gasteiger partial charge on any atom is 0.336 e. The summed E-state index contributed by atoms with van der Waals surface area (Å²) >= 11 is 1.59. The fourth-order valence-electron chi connectivity index (χ4n) is 1.80. The Kier molecular flexibility index (Phi) is 1.68. The van der Waals surface area contributed by atoms with Gasteiger partial charge in [-0.2, -0.15) is 0 Å². The summed E-state index contributed by atoms with van der Waals surface area (Å²) in [5, 5.41) is 10.6. The maximum atomic E-state index is 10.8. The number of carbonyl (C=O) groups is 1. The molecule has 2 rings (SSSR count). The van der Waals surface area contributed by atoms with E-state index in [1.54, 1.807) is 16.7 Å². The lowest BCUT2D eigenvalue weighted by Crippen LogP contribution is -1.99. The number of hydrogen-bond donors (Lipinski definition) is 1. The largest absolute Gasteiger partial charge is 0.478 e. The van der Waals surface area contributed by atoms with E-state index in [2.05, 4.69) is 6.92 Å². The highest BCUT2D eigenvalue weighted by molar-refractivity contribution is 7.10. The molecule has 0 aliphatic heterocycles. The molecule has 3 heteroatoms. The van der Waals surface area contributed by atoms with E-state index in [1.807, 2.05) is 0 Å². The van der Waals surface area contributed by atoms with E-state index in [-0.39, 0.29) is 0 Å². The third-order valence-electron chi connectivity index (χ3n) is 2.44. The molecule has 1 heterocycles. The summed E-state index contributed by atoms with van der Waals surface area (Å²) in [4.78, 5) is 12.1. The topological polar surface area (TPSA) is 37.3 Å². The lowest BCUT2D eigenvalue weighted by atomic mass is 10.0. The van der Waals surface area contributed by atoms with E-state index >= 15 is 0 Å². The van der Waals surface area contributed by atoms with E-state index in [0.29, 0.717) is 11.5 Å². The molecule has 1 aromatic heterocycles. The fraction of sp³-hybridized carbons (Fsp3) is 0.444. The first kappa shape index (κ1) is 7.80. The second kappa shape index (κ2) is 2.59. The number of rotatable bonds is 1. The van der Waals surface area contributed by atoms with Crippen molar-refractivity contribution in [3.8, 4) is 0 Å². The van der Waals surface area contributed by atoms with Crippen LogP contribution in [0, 0.1) is 0 Å². The van der Waals surface area contributed by atoms with E-state index in [0.717, 1.165) is 18.4 Å². The predicted molar refractivity (Wildman–Crippen MR) is 48.0 cm³/mol. The van der Waals surface area contributed by atoms with Gasteiger partial charge < -0.3 is 5.11 Å². The molecule has 2 nitrogen and oxygen atoms in total. The summed E-state index contributed by atoms with van der Waals surface area (Å²) in [6.07, 6.45) is 2.18. The molecule has 1 atom stereocenters. The average Bonchev–Trinajstić information content (AvgIpc) is 2.53. The lowest BCUT2D eigenvalue weighted by molar-refractivity contribution is 0.0696. The molecule has 64 valence electrons. The predicted octanol–water partition coefficient (Wildman–Crippen LogP) is 2.50. The highest BCUT2D eigenvalue weighted by atomic mass is 32.1. The van der Waals surface area contributed by atoms with E-state index in [4.69, 9.17) is 5.11 Å². The number of aryl methyl sites for hydroxylation is 1. The minimum absolute atomic E-state index is 0.442. The molecule has 0 fully saturated rings. The van der Waals surface area contributed by atoms with Crippen molar-refractivity contribution in [2.75, 3.05) is 0 Å². The minimum Gasteiger partial charge on any atom is -0.478 e. The summed E-state index contributed by atoms with van der Waals surface area (Å²) in [6, 6.07) is 0. The van der Waals surface area contributed by atoms with Gasteiger partial charge in [-0.3, -0.25) is 0 Å². The van der Waals surface area contributed by atoms with Crippen molar-refractivity contribution in [2.24, 2.45) is 0 Å². The van der Waals surface area contributed by atoms with Crippen LogP contribution in [0.3, 0.4) is 0 Å². The fourth-order valence-corrected chi connectivity index (χ4v) is 2.96. The first-order valence-electron chi connectivity index (χ1n) is 4.03. The molecule has 1 aromatic rings. The Morgan fingerprint density at radius 2 is 2.50 bits per heavy atom. The molecule has 0 radical (unpaired) electrons. The Morgan fingerprint density at radius 1 is 1.75 bits per heavy atom. The molecular weight excluding hydrogens is 172 g/mol. The van der Waals surface area contributed by atoms with E-state index in [9.17, 15) is 4.79 Å². The number of carboxylic acid groups (broad SMARTS) is 1. The SMILES string of the molecule is CC1CCc2scc(C(=O)O)c21. The third kappa shape index (κ3) is 0.966. The number of carboxylic acids is 1. The Labute approximate surface area is 74.8 Å². The molecular formula is C9H10O2S. The Hall–Kier alpha value is -0.830. The van der Waals surface area contributed by atoms with Crippen LogP contribution in [0.15, 0.2) is 5.38 Å². The van der Waals surface area contributed by atoms with Crippen LogP contribution in [-0.4, -0.2) is 11.1 Å². The number of hydrogen-bond acceptors (Lipinski definition) is 2. The summed E-state index contributed by atoms with van der Waals surface area (Å²) in [7, 11) is 0. The van der Waals surface area contributed by atoms with Gasteiger partial charge in [-0.05, 0) is 24.3 Å². The second-order valence-corrected chi connectivity index (χ2v) is 4.20. The highest BCUT2D eigenvalue weighted by Crippen LogP contribution is 2.39. The Morgan fingerprint density at radius 3 is 3.17 bits per heavy atom. The van der Waals surface area contributed by atoms with Crippen molar-refractivity contribution in [3.05, 3.63) is 21.4 Å². The number of fused-ring (bicyclic) bond motifs is 1. The maximum absolute atomic E-state index is 10.8. The molecule has 12 heavy (non-hydrogen) atoms. The van der Waals surface area contributed by atoms with Gasteiger partial charge >= 0.3 is 5.97 Å². The molecule has 0 spiro atoms. The minimum atomic E-state index is -0.777. The normalized spacial score (nSPS) is 20.9. The second-order valence-electron chi connectivity index (χ2n) is 3.23. The van der Waals surface area contributed by atoms with Crippen LogP contribution < -0.4 is 0 Å². The van der Waals surface area contributed by atoms with Crippen LogP contribution in [0.1, 0.15) is 40.1 Å². The van der Waals surface area contributed by atoms with Gasteiger partial charge in [0.15, 0.2) is 0 Å². The van der Waals surface area contributed by atoms with Crippen LogP contribution >= 0.6 is 11.3 Å². The summed E-state index contributed by atoms with van der Waals surface area (Å²) in [5.74, 6) is -0.335. The van der Waals surface area contributed by atoms with Crippen molar-refractivity contribution < 1.29 is 9.90 Å². The molecule has 1 N–H and O–H groups in total. The van der Waals surface area contributed by atoms with Gasteiger partial charge in [-0.1, -0.05) is 6.92 Å². The van der Waals surface area contributed by atoms with Crippen LogP contribution in [-0.2, 0) is 6.42 Å². The zero-order chi connectivity index (χ0) is 8.72. The van der Waals surface area contributed by atoms with Gasteiger partial charge in [0.25, 0.3) is 0 Å². The summed E-state index contributed by atoms with van der Waals surface area (Å²) in [6.45, 7) is 2.10. The van der Waals surface area contributed by atoms with Gasteiger partial charge in [-0.25, -0.2) is 4.79 Å². The van der Waals surface area contributed by atoms with Crippen molar-refractivity contribution in [1.29, 1.82) is 0 Å².